The minimum absolute atomic E-state index is 0.120. The van der Waals surface area contributed by atoms with Gasteiger partial charge in [0.15, 0.2) is 0 Å². The summed E-state index contributed by atoms with van der Waals surface area (Å²) < 4.78 is 1.07. The van der Waals surface area contributed by atoms with Gasteiger partial charge in [-0.1, -0.05) is 0 Å². The number of nitrogens with zero attached hydrogens (tertiary/aromatic N) is 2. The summed E-state index contributed by atoms with van der Waals surface area (Å²) in [6.07, 6.45) is 3.59. The Labute approximate surface area is 91.0 Å². The Bertz CT molecular complexity index is 492. The van der Waals surface area contributed by atoms with Gasteiger partial charge in [0.05, 0.1) is 22.4 Å². The van der Waals surface area contributed by atoms with Crippen LogP contribution in [0, 0.1) is 0 Å². The summed E-state index contributed by atoms with van der Waals surface area (Å²) in [5, 5.41) is 14.6. The SMILES string of the molecule is OCC1(Nc2ncnc3ccsc23)CC1. The lowest BCUT2D eigenvalue weighted by atomic mass is 10.3. The average Bonchev–Trinajstić information content (AvgIpc) is 2.87. The van der Waals surface area contributed by atoms with Crippen LogP contribution in [-0.2, 0) is 0 Å². The Morgan fingerprint density at radius 1 is 1.47 bits per heavy atom. The first-order chi connectivity index (χ1) is 7.33. The maximum atomic E-state index is 9.24. The van der Waals surface area contributed by atoms with E-state index in [0.29, 0.717) is 0 Å². The van der Waals surface area contributed by atoms with Crippen LogP contribution in [0.1, 0.15) is 12.8 Å². The lowest BCUT2D eigenvalue weighted by molar-refractivity contribution is 0.266. The quantitative estimate of drug-likeness (QED) is 0.827. The van der Waals surface area contributed by atoms with E-state index in [-0.39, 0.29) is 12.1 Å². The predicted molar refractivity (Wildman–Crippen MR) is 60.1 cm³/mol. The summed E-state index contributed by atoms with van der Waals surface area (Å²) in [7, 11) is 0. The fourth-order valence-electron chi connectivity index (χ4n) is 1.60. The smallest absolute Gasteiger partial charge is 0.147 e. The number of aliphatic hydroxyl groups excluding tert-OH is 1. The third-order valence-corrected chi connectivity index (χ3v) is 3.69. The highest BCUT2D eigenvalue weighted by Crippen LogP contribution is 2.39. The van der Waals surface area contributed by atoms with Crippen molar-refractivity contribution in [3.8, 4) is 0 Å². The molecule has 2 heterocycles. The fourth-order valence-corrected chi connectivity index (χ4v) is 2.39. The Morgan fingerprint density at radius 2 is 2.33 bits per heavy atom. The molecule has 0 unspecified atom stereocenters. The van der Waals surface area contributed by atoms with Crippen molar-refractivity contribution in [2.24, 2.45) is 0 Å². The maximum Gasteiger partial charge on any atom is 0.147 e. The second-order valence-electron chi connectivity index (χ2n) is 3.92. The van der Waals surface area contributed by atoms with Crippen LogP contribution in [0.15, 0.2) is 17.8 Å². The first kappa shape index (κ1) is 9.06. The molecule has 1 aliphatic rings. The highest BCUT2D eigenvalue weighted by Gasteiger charge is 2.42. The first-order valence-electron chi connectivity index (χ1n) is 4.90. The van der Waals surface area contributed by atoms with Crippen molar-refractivity contribution >= 4 is 27.4 Å². The number of hydrogen-bond donors (Lipinski definition) is 2. The Morgan fingerprint density at radius 3 is 3.07 bits per heavy atom. The topological polar surface area (TPSA) is 58.0 Å². The van der Waals surface area contributed by atoms with Crippen LogP contribution in [-0.4, -0.2) is 27.2 Å². The summed E-state index contributed by atoms with van der Waals surface area (Å²) in [4.78, 5) is 8.40. The second kappa shape index (κ2) is 3.15. The number of thiophene rings is 1. The molecule has 0 radical (unpaired) electrons. The molecule has 78 valence electrons. The highest BCUT2D eigenvalue weighted by molar-refractivity contribution is 7.17. The van der Waals surface area contributed by atoms with Gasteiger partial charge in [0.2, 0.25) is 0 Å². The van der Waals surface area contributed by atoms with Crippen molar-refractivity contribution < 1.29 is 5.11 Å². The molecular weight excluding hydrogens is 210 g/mol. The third kappa shape index (κ3) is 1.48. The summed E-state index contributed by atoms with van der Waals surface area (Å²) >= 11 is 1.62. The maximum absolute atomic E-state index is 9.24. The van der Waals surface area contributed by atoms with Gasteiger partial charge in [-0.3, -0.25) is 0 Å². The van der Waals surface area contributed by atoms with Crippen molar-refractivity contribution in [1.82, 2.24) is 9.97 Å². The molecule has 0 amide bonds. The monoisotopic (exact) mass is 221 g/mol. The zero-order valence-electron chi connectivity index (χ0n) is 8.10. The van der Waals surface area contributed by atoms with Crippen LogP contribution in [0.3, 0.4) is 0 Å². The van der Waals surface area contributed by atoms with Crippen molar-refractivity contribution in [2.75, 3.05) is 11.9 Å². The largest absolute Gasteiger partial charge is 0.394 e. The van der Waals surface area contributed by atoms with Gasteiger partial charge in [-0.25, -0.2) is 9.97 Å². The minimum Gasteiger partial charge on any atom is -0.394 e. The molecule has 0 aliphatic heterocycles. The Balaban J connectivity index is 2.00. The van der Waals surface area contributed by atoms with Gasteiger partial charge in [0.1, 0.15) is 12.1 Å². The van der Waals surface area contributed by atoms with Crippen molar-refractivity contribution in [1.29, 1.82) is 0 Å². The number of hydrogen-bond acceptors (Lipinski definition) is 5. The van der Waals surface area contributed by atoms with Crippen molar-refractivity contribution in [3.05, 3.63) is 17.8 Å². The van der Waals surface area contributed by atoms with E-state index in [2.05, 4.69) is 15.3 Å². The molecular formula is C10H11N3OS. The first-order valence-corrected chi connectivity index (χ1v) is 5.78. The summed E-state index contributed by atoms with van der Waals surface area (Å²) in [5.74, 6) is 0.849. The van der Waals surface area contributed by atoms with Crippen molar-refractivity contribution in [3.63, 3.8) is 0 Å². The average molecular weight is 221 g/mol. The van der Waals surface area contributed by atoms with Gasteiger partial charge < -0.3 is 10.4 Å². The Kier molecular flexibility index (Phi) is 1.90. The van der Waals surface area contributed by atoms with Crippen molar-refractivity contribution in [2.45, 2.75) is 18.4 Å². The van der Waals surface area contributed by atoms with E-state index >= 15 is 0 Å². The summed E-state index contributed by atoms with van der Waals surface area (Å²) in [6.45, 7) is 0.171. The summed E-state index contributed by atoms with van der Waals surface area (Å²) in [5.41, 5.74) is 0.844. The number of anilines is 1. The number of rotatable bonds is 3. The molecule has 2 aromatic rings. The van der Waals surface area contributed by atoms with Crippen LogP contribution in [0.2, 0.25) is 0 Å². The lowest BCUT2D eigenvalue weighted by Gasteiger charge is -2.14. The van der Waals surface area contributed by atoms with Gasteiger partial charge in [-0.05, 0) is 24.3 Å². The molecule has 2 aromatic heterocycles. The van der Waals surface area contributed by atoms with Gasteiger partial charge >= 0.3 is 0 Å². The Hall–Kier alpha value is -1.20. The normalized spacial score (nSPS) is 17.9. The van der Waals surface area contributed by atoms with Crippen LogP contribution in [0.4, 0.5) is 5.82 Å². The van der Waals surface area contributed by atoms with E-state index in [0.717, 1.165) is 28.9 Å². The predicted octanol–water partition coefficient (Wildman–Crippen LogP) is 1.63. The minimum atomic E-state index is -0.120. The van der Waals surface area contributed by atoms with Gasteiger partial charge in [0.25, 0.3) is 0 Å². The van der Waals surface area contributed by atoms with E-state index in [4.69, 9.17) is 0 Å². The van der Waals surface area contributed by atoms with Gasteiger partial charge in [-0.2, -0.15) is 0 Å². The molecule has 3 rings (SSSR count). The molecule has 2 N–H and O–H groups in total. The third-order valence-electron chi connectivity index (χ3n) is 2.78. The zero-order valence-corrected chi connectivity index (χ0v) is 8.92. The second-order valence-corrected chi connectivity index (χ2v) is 4.84. The van der Waals surface area contributed by atoms with Gasteiger partial charge in [0, 0.05) is 0 Å². The number of nitrogens with one attached hydrogen (secondary N) is 1. The molecule has 0 saturated heterocycles. The van der Waals surface area contributed by atoms with Gasteiger partial charge in [-0.15, -0.1) is 11.3 Å². The van der Waals surface area contributed by atoms with E-state index in [9.17, 15) is 5.11 Å². The molecule has 0 bridgehead atoms. The van der Waals surface area contributed by atoms with Crippen LogP contribution >= 0.6 is 11.3 Å². The molecule has 0 spiro atoms. The zero-order chi connectivity index (χ0) is 10.3. The van der Waals surface area contributed by atoms with E-state index in [1.165, 1.54) is 0 Å². The van der Waals surface area contributed by atoms with Crippen LogP contribution in [0.5, 0.6) is 0 Å². The van der Waals surface area contributed by atoms with E-state index in [1.54, 1.807) is 17.7 Å². The molecule has 0 aromatic carbocycles. The van der Waals surface area contributed by atoms with Crippen LogP contribution < -0.4 is 5.32 Å². The number of aromatic nitrogens is 2. The van der Waals surface area contributed by atoms with E-state index < -0.39 is 0 Å². The molecule has 0 atom stereocenters. The molecule has 15 heavy (non-hydrogen) atoms. The molecule has 1 aliphatic carbocycles. The molecule has 1 fully saturated rings. The highest BCUT2D eigenvalue weighted by atomic mass is 32.1. The number of aliphatic hydroxyl groups is 1. The van der Waals surface area contributed by atoms with Crippen LogP contribution in [0.25, 0.3) is 10.2 Å². The number of fused-ring (bicyclic) bond motifs is 1. The molecule has 5 heteroatoms. The van der Waals surface area contributed by atoms with E-state index in [1.807, 2.05) is 11.4 Å². The molecule has 1 saturated carbocycles. The lowest BCUT2D eigenvalue weighted by Crippen LogP contribution is -2.26. The fraction of sp³-hybridized carbons (Fsp3) is 0.400. The standard InChI is InChI=1S/C10H11N3OS/c14-5-10(2-3-10)13-9-8-7(1-4-15-8)11-6-12-9/h1,4,6,14H,2-3,5H2,(H,11,12,13). The molecule has 4 nitrogen and oxygen atoms in total. The summed E-state index contributed by atoms with van der Waals surface area (Å²) in [6, 6.07) is 1.98.